The van der Waals surface area contributed by atoms with Gasteiger partial charge in [0.25, 0.3) is 5.91 Å². The first-order valence-electron chi connectivity index (χ1n) is 10.4. The molecular weight excluding hydrogens is 397 g/mol. The lowest BCUT2D eigenvalue weighted by atomic mass is 9.89. The van der Waals surface area contributed by atoms with Crippen LogP contribution in [0.4, 0.5) is 21.7 Å². The van der Waals surface area contributed by atoms with Crippen molar-refractivity contribution in [2.24, 2.45) is 5.73 Å². The van der Waals surface area contributed by atoms with Crippen LogP contribution in [0.15, 0.2) is 36.7 Å². The molecule has 1 aliphatic rings. The molecule has 0 spiro atoms. The number of nitrogens with zero attached hydrogens (tertiary/aromatic N) is 4. The lowest BCUT2D eigenvalue weighted by molar-refractivity contribution is 0.100. The van der Waals surface area contributed by atoms with Gasteiger partial charge in [-0.1, -0.05) is 12.8 Å². The minimum atomic E-state index is -0.760. The summed E-state index contributed by atoms with van der Waals surface area (Å²) in [6.07, 6.45) is 7.44. The van der Waals surface area contributed by atoms with Gasteiger partial charge < -0.3 is 21.3 Å². The highest BCUT2D eigenvalue weighted by atomic mass is 19.1. The number of rotatable bonds is 6. The second kappa shape index (κ2) is 8.81. The number of nitrogens with two attached hydrogens (primary N) is 1. The number of primary amides is 1. The molecular formula is C22H26FN7O. The van der Waals surface area contributed by atoms with E-state index in [1.807, 2.05) is 37.2 Å². The number of nitrogens with one attached hydrogen (secondary N) is 2. The number of carbonyl (C=O) groups excluding carboxylic acids is 1. The minimum absolute atomic E-state index is 0.0188. The van der Waals surface area contributed by atoms with Crippen molar-refractivity contribution in [3.05, 3.63) is 48.0 Å². The van der Waals surface area contributed by atoms with Gasteiger partial charge in [-0.2, -0.15) is 0 Å². The maximum atomic E-state index is 15.0. The quantitative estimate of drug-likeness (QED) is 0.559. The van der Waals surface area contributed by atoms with Crippen LogP contribution in [-0.2, 0) is 0 Å². The molecule has 1 fully saturated rings. The highest BCUT2D eigenvalue weighted by Gasteiger charge is 2.30. The summed E-state index contributed by atoms with van der Waals surface area (Å²) < 4.78 is 15.0. The number of pyridine rings is 3. The summed E-state index contributed by atoms with van der Waals surface area (Å²) in [5.41, 5.74) is 6.69. The number of carbonyl (C=O) groups is 1. The average Bonchev–Trinajstić information content (AvgIpc) is 2.79. The zero-order valence-corrected chi connectivity index (χ0v) is 17.6. The number of halogens is 1. The second-order valence-corrected chi connectivity index (χ2v) is 7.81. The van der Waals surface area contributed by atoms with E-state index in [1.54, 1.807) is 12.4 Å². The van der Waals surface area contributed by atoms with Crippen LogP contribution in [0.5, 0.6) is 0 Å². The van der Waals surface area contributed by atoms with E-state index in [-0.39, 0.29) is 29.3 Å². The molecule has 2 atom stereocenters. The molecule has 2 unspecified atom stereocenters. The van der Waals surface area contributed by atoms with E-state index >= 15 is 0 Å². The third kappa shape index (κ3) is 4.27. The lowest BCUT2D eigenvalue weighted by Crippen LogP contribution is -2.50. The molecule has 0 bridgehead atoms. The topological polar surface area (TPSA) is 109 Å². The van der Waals surface area contributed by atoms with Crippen LogP contribution in [-0.4, -0.2) is 47.0 Å². The zero-order valence-electron chi connectivity index (χ0n) is 17.6. The van der Waals surface area contributed by atoms with Crippen molar-refractivity contribution in [2.45, 2.75) is 37.8 Å². The number of hydrogen-bond acceptors (Lipinski definition) is 7. The summed E-state index contributed by atoms with van der Waals surface area (Å²) in [4.78, 5) is 26.8. The number of hydrogen-bond donors (Lipinski definition) is 3. The number of aromatic nitrogens is 3. The van der Waals surface area contributed by atoms with Crippen molar-refractivity contribution >= 4 is 34.3 Å². The normalized spacial score (nSPS) is 18.7. The van der Waals surface area contributed by atoms with E-state index < -0.39 is 11.7 Å². The summed E-state index contributed by atoms with van der Waals surface area (Å²) in [7, 11) is 3.76. The molecule has 1 saturated carbocycles. The van der Waals surface area contributed by atoms with Crippen molar-refractivity contribution in [1.29, 1.82) is 0 Å². The van der Waals surface area contributed by atoms with Gasteiger partial charge in [-0.3, -0.25) is 4.79 Å². The molecule has 0 saturated heterocycles. The van der Waals surface area contributed by atoms with Gasteiger partial charge in [0.15, 0.2) is 17.3 Å². The van der Waals surface area contributed by atoms with Gasteiger partial charge in [0.2, 0.25) is 0 Å². The van der Waals surface area contributed by atoms with E-state index in [9.17, 15) is 9.18 Å². The van der Waals surface area contributed by atoms with Crippen molar-refractivity contribution < 1.29 is 9.18 Å². The van der Waals surface area contributed by atoms with Crippen LogP contribution in [0, 0.1) is 5.82 Å². The Morgan fingerprint density at radius 2 is 2.06 bits per heavy atom. The van der Waals surface area contributed by atoms with Gasteiger partial charge in [0.1, 0.15) is 5.82 Å². The largest absolute Gasteiger partial charge is 0.365 e. The number of anilines is 3. The van der Waals surface area contributed by atoms with Crippen LogP contribution >= 0.6 is 0 Å². The Hall–Kier alpha value is -3.33. The first-order chi connectivity index (χ1) is 15.0. The van der Waals surface area contributed by atoms with E-state index in [0.29, 0.717) is 11.3 Å². The molecule has 4 N–H and O–H groups in total. The molecule has 162 valence electrons. The van der Waals surface area contributed by atoms with Crippen molar-refractivity contribution in [3.63, 3.8) is 0 Å². The van der Waals surface area contributed by atoms with E-state index in [1.165, 1.54) is 0 Å². The number of fused-ring (bicyclic) bond motifs is 1. The molecule has 3 aromatic rings. The maximum Gasteiger partial charge on any atom is 0.252 e. The summed E-state index contributed by atoms with van der Waals surface area (Å²) in [5, 5.41) is 7.24. The molecule has 1 amide bonds. The standard InChI is InChI=1S/C22H26FN7O/c1-25-17-7-3-4-8-18(17)30(2)22-16(23)11-15(19(24)31)21(29-22)28-14-10-13-6-5-9-26-20(13)27-12-14/h5-6,9-12,17-18,25H,3-4,7-8H2,1-2H3,(H2,24,31)(H,28,29). The minimum Gasteiger partial charge on any atom is -0.365 e. The van der Waals surface area contributed by atoms with Crippen LogP contribution in [0.25, 0.3) is 11.0 Å². The van der Waals surface area contributed by atoms with Crippen LogP contribution in [0.2, 0.25) is 0 Å². The fraction of sp³-hybridized carbons (Fsp3) is 0.364. The summed E-state index contributed by atoms with van der Waals surface area (Å²) in [5.74, 6) is -0.972. The molecule has 4 rings (SSSR count). The molecule has 9 heteroatoms. The monoisotopic (exact) mass is 423 g/mol. The smallest absolute Gasteiger partial charge is 0.252 e. The third-order valence-electron chi connectivity index (χ3n) is 5.87. The maximum absolute atomic E-state index is 15.0. The predicted octanol–water partition coefficient (Wildman–Crippen LogP) is 2.97. The molecule has 0 radical (unpaired) electrons. The third-order valence-corrected chi connectivity index (χ3v) is 5.87. The Balaban J connectivity index is 1.71. The highest BCUT2D eigenvalue weighted by molar-refractivity contribution is 5.98. The van der Waals surface area contributed by atoms with E-state index in [0.717, 1.165) is 37.1 Å². The fourth-order valence-corrected chi connectivity index (χ4v) is 4.25. The Labute approximate surface area is 180 Å². The first kappa shape index (κ1) is 20.9. The lowest BCUT2D eigenvalue weighted by Gasteiger charge is -2.38. The second-order valence-electron chi connectivity index (χ2n) is 7.81. The molecule has 8 nitrogen and oxygen atoms in total. The Morgan fingerprint density at radius 3 is 2.84 bits per heavy atom. The van der Waals surface area contributed by atoms with E-state index in [4.69, 9.17) is 5.73 Å². The van der Waals surface area contributed by atoms with Gasteiger partial charge in [0.05, 0.1) is 17.4 Å². The fourth-order valence-electron chi connectivity index (χ4n) is 4.25. The molecule has 3 heterocycles. The number of likely N-dealkylation sites (N-methyl/N-ethyl adjacent to an activating group) is 2. The molecule has 0 aliphatic heterocycles. The highest BCUT2D eigenvalue weighted by Crippen LogP contribution is 2.30. The zero-order chi connectivity index (χ0) is 22.0. The molecule has 1 aliphatic carbocycles. The SMILES string of the molecule is CNC1CCCCC1N(C)c1nc(Nc2cnc3ncccc3c2)c(C(N)=O)cc1F. The average molecular weight is 423 g/mol. The van der Waals surface area contributed by atoms with E-state index in [2.05, 4.69) is 25.6 Å². The van der Waals surface area contributed by atoms with Crippen LogP contribution in [0.3, 0.4) is 0 Å². The van der Waals surface area contributed by atoms with Gasteiger partial charge in [-0.05, 0) is 44.2 Å². The Bertz CT molecular complexity index is 1110. The van der Waals surface area contributed by atoms with Crippen molar-refractivity contribution in [2.75, 3.05) is 24.3 Å². The molecule has 31 heavy (non-hydrogen) atoms. The predicted molar refractivity (Wildman–Crippen MR) is 119 cm³/mol. The van der Waals surface area contributed by atoms with Gasteiger partial charge in [0, 0.05) is 30.7 Å². The Morgan fingerprint density at radius 1 is 1.26 bits per heavy atom. The number of amides is 1. The summed E-state index contributed by atoms with van der Waals surface area (Å²) in [6, 6.07) is 7.02. The van der Waals surface area contributed by atoms with Gasteiger partial charge in [-0.15, -0.1) is 0 Å². The summed E-state index contributed by atoms with van der Waals surface area (Å²) in [6.45, 7) is 0. The Kier molecular flexibility index (Phi) is 5.94. The molecule has 3 aromatic heterocycles. The molecule has 0 aromatic carbocycles. The van der Waals surface area contributed by atoms with Crippen molar-refractivity contribution in [3.8, 4) is 0 Å². The van der Waals surface area contributed by atoms with Crippen LogP contribution < -0.4 is 21.3 Å². The van der Waals surface area contributed by atoms with Gasteiger partial charge >= 0.3 is 0 Å². The van der Waals surface area contributed by atoms with Crippen molar-refractivity contribution in [1.82, 2.24) is 20.3 Å². The summed E-state index contributed by atoms with van der Waals surface area (Å²) >= 11 is 0. The van der Waals surface area contributed by atoms with Gasteiger partial charge in [-0.25, -0.2) is 19.3 Å². The first-order valence-corrected chi connectivity index (χ1v) is 10.4. The van der Waals surface area contributed by atoms with Crippen LogP contribution in [0.1, 0.15) is 36.0 Å².